The molecule has 29 heavy (non-hydrogen) atoms. The predicted molar refractivity (Wildman–Crippen MR) is 106 cm³/mol. The van der Waals surface area contributed by atoms with Crippen LogP contribution in [0.1, 0.15) is 38.0 Å². The van der Waals surface area contributed by atoms with Crippen molar-refractivity contribution < 1.29 is 18.7 Å². The summed E-state index contributed by atoms with van der Waals surface area (Å²) in [4.78, 5) is 27.2. The Kier molecular flexibility index (Phi) is 4.99. The zero-order chi connectivity index (χ0) is 20.4. The van der Waals surface area contributed by atoms with Gasteiger partial charge in [-0.15, -0.1) is 0 Å². The van der Waals surface area contributed by atoms with E-state index in [4.69, 9.17) is 4.74 Å². The van der Waals surface area contributed by atoms with Gasteiger partial charge in [0.1, 0.15) is 17.7 Å². The fraction of sp³-hybridized carbons (Fsp3) is 0.130. The van der Waals surface area contributed by atoms with E-state index in [1.54, 1.807) is 55.6 Å². The second kappa shape index (κ2) is 7.75. The third kappa shape index (κ3) is 3.57. The van der Waals surface area contributed by atoms with Gasteiger partial charge in [0.2, 0.25) is 0 Å². The standard InChI is InChI=1S/C23H19FN2O3/c1-29-17-12-10-15(11-13-17)14-26-21(25-22(27)16-6-3-2-4-7-16)20-18(23(26)28)8-5-9-19(20)24/h2-13,21H,14H2,1H3,(H,25,27). The highest BCUT2D eigenvalue weighted by Crippen LogP contribution is 2.35. The molecule has 3 aromatic rings. The van der Waals surface area contributed by atoms with E-state index in [2.05, 4.69) is 5.32 Å². The highest BCUT2D eigenvalue weighted by atomic mass is 19.1. The first-order valence-corrected chi connectivity index (χ1v) is 9.16. The molecule has 1 atom stereocenters. The number of ether oxygens (including phenoxy) is 1. The molecule has 0 saturated carbocycles. The Morgan fingerprint density at radius 3 is 2.45 bits per heavy atom. The van der Waals surface area contributed by atoms with Crippen molar-refractivity contribution in [2.24, 2.45) is 0 Å². The van der Waals surface area contributed by atoms with E-state index in [0.717, 1.165) is 5.56 Å². The highest BCUT2D eigenvalue weighted by Gasteiger charge is 2.39. The number of nitrogens with one attached hydrogen (secondary N) is 1. The largest absolute Gasteiger partial charge is 0.497 e. The molecule has 1 aliphatic heterocycles. The number of amides is 2. The van der Waals surface area contributed by atoms with Gasteiger partial charge < -0.3 is 15.0 Å². The molecule has 0 radical (unpaired) electrons. The van der Waals surface area contributed by atoms with Crippen LogP contribution < -0.4 is 10.1 Å². The molecule has 0 aliphatic carbocycles. The lowest BCUT2D eigenvalue weighted by molar-refractivity contribution is 0.0648. The van der Waals surface area contributed by atoms with E-state index in [1.807, 2.05) is 12.1 Å². The number of rotatable bonds is 5. The van der Waals surface area contributed by atoms with E-state index in [9.17, 15) is 14.0 Å². The zero-order valence-corrected chi connectivity index (χ0v) is 15.8. The lowest BCUT2D eigenvalue weighted by atomic mass is 10.1. The summed E-state index contributed by atoms with van der Waals surface area (Å²) in [5.41, 5.74) is 1.73. The van der Waals surface area contributed by atoms with Crippen molar-refractivity contribution in [3.05, 3.63) is 101 Å². The van der Waals surface area contributed by atoms with Gasteiger partial charge in [0, 0.05) is 23.2 Å². The zero-order valence-electron chi connectivity index (χ0n) is 15.8. The maximum Gasteiger partial charge on any atom is 0.256 e. The topological polar surface area (TPSA) is 58.6 Å². The number of carbonyl (C=O) groups excluding carboxylic acids is 2. The number of nitrogens with zero attached hydrogens (tertiary/aromatic N) is 1. The van der Waals surface area contributed by atoms with Crippen LogP contribution in [0.4, 0.5) is 4.39 Å². The molecule has 0 saturated heterocycles. The number of benzene rings is 3. The summed E-state index contributed by atoms with van der Waals surface area (Å²) < 4.78 is 19.8. The van der Waals surface area contributed by atoms with Gasteiger partial charge in [0.25, 0.3) is 11.8 Å². The van der Waals surface area contributed by atoms with Gasteiger partial charge in [-0.1, -0.05) is 36.4 Å². The van der Waals surface area contributed by atoms with Crippen molar-refractivity contribution in [3.63, 3.8) is 0 Å². The number of methoxy groups -OCH3 is 1. The smallest absolute Gasteiger partial charge is 0.256 e. The highest BCUT2D eigenvalue weighted by molar-refractivity contribution is 6.01. The van der Waals surface area contributed by atoms with E-state index < -0.39 is 12.0 Å². The van der Waals surface area contributed by atoms with Crippen molar-refractivity contribution in [2.75, 3.05) is 7.11 Å². The normalized spacial score (nSPS) is 15.2. The van der Waals surface area contributed by atoms with Crippen LogP contribution in [0.5, 0.6) is 5.75 Å². The van der Waals surface area contributed by atoms with Crippen LogP contribution in [0.25, 0.3) is 0 Å². The summed E-state index contributed by atoms with van der Waals surface area (Å²) in [6.45, 7) is 0.219. The molecular weight excluding hydrogens is 371 g/mol. The third-order valence-corrected chi connectivity index (χ3v) is 4.95. The average molecular weight is 390 g/mol. The van der Waals surface area contributed by atoms with Crippen molar-refractivity contribution in [2.45, 2.75) is 12.7 Å². The van der Waals surface area contributed by atoms with Gasteiger partial charge in [0.05, 0.1) is 7.11 Å². The van der Waals surface area contributed by atoms with Gasteiger partial charge in [-0.3, -0.25) is 9.59 Å². The summed E-state index contributed by atoms with van der Waals surface area (Å²) in [6.07, 6.45) is -0.895. The molecule has 146 valence electrons. The molecule has 0 fully saturated rings. The Hall–Kier alpha value is -3.67. The van der Waals surface area contributed by atoms with Crippen molar-refractivity contribution in [1.82, 2.24) is 10.2 Å². The fourth-order valence-corrected chi connectivity index (χ4v) is 3.47. The first kappa shape index (κ1) is 18.7. The van der Waals surface area contributed by atoms with Crippen molar-refractivity contribution >= 4 is 11.8 Å². The fourth-order valence-electron chi connectivity index (χ4n) is 3.47. The van der Waals surface area contributed by atoms with Crippen LogP contribution >= 0.6 is 0 Å². The van der Waals surface area contributed by atoms with Gasteiger partial charge >= 0.3 is 0 Å². The van der Waals surface area contributed by atoms with Crippen LogP contribution in [0.2, 0.25) is 0 Å². The molecule has 1 heterocycles. The second-order valence-electron chi connectivity index (χ2n) is 6.72. The monoisotopic (exact) mass is 390 g/mol. The quantitative estimate of drug-likeness (QED) is 0.718. The molecule has 5 nitrogen and oxygen atoms in total. The Morgan fingerprint density at radius 1 is 1.03 bits per heavy atom. The molecule has 1 N–H and O–H groups in total. The molecule has 4 rings (SSSR count). The summed E-state index contributed by atoms with van der Waals surface area (Å²) >= 11 is 0. The van der Waals surface area contributed by atoms with Crippen LogP contribution in [-0.4, -0.2) is 23.8 Å². The molecule has 3 aromatic carbocycles. The van der Waals surface area contributed by atoms with Gasteiger partial charge in [-0.05, 0) is 42.0 Å². The summed E-state index contributed by atoms with van der Waals surface area (Å²) in [5, 5.41) is 2.82. The van der Waals surface area contributed by atoms with Gasteiger partial charge in [0.15, 0.2) is 0 Å². The maximum absolute atomic E-state index is 14.6. The van der Waals surface area contributed by atoms with Gasteiger partial charge in [-0.25, -0.2) is 4.39 Å². The minimum atomic E-state index is -0.895. The lowest BCUT2D eigenvalue weighted by Crippen LogP contribution is -2.39. The van der Waals surface area contributed by atoms with Crippen LogP contribution in [0, 0.1) is 5.82 Å². The van der Waals surface area contributed by atoms with E-state index >= 15 is 0 Å². The van der Waals surface area contributed by atoms with E-state index in [1.165, 1.54) is 17.0 Å². The SMILES string of the molecule is COc1ccc(CN2C(=O)c3cccc(F)c3C2NC(=O)c2ccccc2)cc1. The van der Waals surface area contributed by atoms with E-state index in [-0.39, 0.29) is 29.5 Å². The first-order chi connectivity index (χ1) is 14.1. The number of halogens is 1. The molecule has 0 bridgehead atoms. The molecule has 6 heteroatoms. The number of hydrogen-bond acceptors (Lipinski definition) is 3. The summed E-state index contributed by atoms with van der Waals surface area (Å²) in [6, 6.07) is 20.3. The molecule has 0 spiro atoms. The Morgan fingerprint density at radius 2 is 1.76 bits per heavy atom. The van der Waals surface area contributed by atoms with Gasteiger partial charge in [-0.2, -0.15) is 0 Å². The first-order valence-electron chi connectivity index (χ1n) is 9.16. The lowest BCUT2D eigenvalue weighted by Gasteiger charge is -2.26. The Bertz CT molecular complexity index is 1050. The predicted octanol–water partition coefficient (Wildman–Crippen LogP) is 3.92. The molecular formula is C23H19FN2O3. The Balaban J connectivity index is 1.67. The van der Waals surface area contributed by atoms with Crippen LogP contribution in [0.3, 0.4) is 0 Å². The second-order valence-corrected chi connectivity index (χ2v) is 6.72. The summed E-state index contributed by atoms with van der Waals surface area (Å²) in [7, 11) is 1.58. The number of fused-ring (bicyclic) bond motifs is 1. The number of carbonyl (C=O) groups is 2. The Labute approximate surface area is 167 Å². The minimum absolute atomic E-state index is 0.190. The third-order valence-electron chi connectivity index (χ3n) is 4.95. The molecule has 0 aromatic heterocycles. The molecule has 1 aliphatic rings. The van der Waals surface area contributed by atoms with Crippen molar-refractivity contribution in [3.8, 4) is 5.75 Å². The molecule has 2 amide bonds. The van der Waals surface area contributed by atoms with Crippen LogP contribution in [0.15, 0.2) is 72.8 Å². The average Bonchev–Trinajstić information content (AvgIpc) is 3.02. The van der Waals surface area contributed by atoms with Crippen LogP contribution in [-0.2, 0) is 6.54 Å². The van der Waals surface area contributed by atoms with E-state index in [0.29, 0.717) is 11.3 Å². The summed E-state index contributed by atoms with van der Waals surface area (Å²) in [5.74, 6) is -0.524. The minimum Gasteiger partial charge on any atom is -0.497 e. The molecule has 1 unspecified atom stereocenters. The maximum atomic E-state index is 14.6. The number of hydrogen-bond donors (Lipinski definition) is 1. The van der Waals surface area contributed by atoms with Crippen molar-refractivity contribution in [1.29, 1.82) is 0 Å².